The fourth-order valence-electron chi connectivity index (χ4n) is 2.88. The lowest BCUT2D eigenvalue weighted by molar-refractivity contribution is 0.471. The third-order valence-electron chi connectivity index (χ3n) is 4.31. The average molecular weight is 431 g/mol. The molecule has 1 aromatic heterocycles. The highest BCUT2D eigenvalue weighted by molar-refractivity contribution is 7.89. The van der Waals surface area contributed by atoms with Gasteiger partial charge in [-0.05, 0) is 62.1 Å². The molecule has 0 saturated carbocycles. The maximum Gasteiger partial charge on any atom is 0.238 e. The quantitative estimate of drug-likeness (QED) is 0.589. The number of benzene rings is 2. The summed E-state index contributed by atoms with van der Waals surface area (Å²) < 4.78 is 28.6. The highest BCUT2D eigenvalue weighted by atomic mass is 35.5. The summed E-state index contributed by atoms with van der Waals surface area (Å²) in [6, 6.07) is 13.4. The summed E-state index contributed by atoms with van der Waals surface area (Å²) >= 11 is 6.04. The summed E-state index contributed by atoms with van der Waals surface area (Å²) in [5.41, 5.74) is 2.96. The molecular weight excluding hydrogens is 412 g/mol. The molecule has 150 valence electrons. The van der Waals surface area contributed by atoms with E-state index >= 15 is 0 Å². The van der Waals surface area contributed by atoms with Crippen LogP contribution in [-0.4, -0.2) is 18.6 Å². The first-order chi connectivity index (χ1) is 13.8. The third-order valence-corrected chi connectivity index (χ3v) is 5.46. The van der Waals surface area contributed by atoms with Gasteiger partial charge in [-0.15, -0.1) is 0 Å². The molecule has 2 aromatic carbocycles. The molecule has 0 aliphatic carbocycles. The van der Waals surface area contributed by atoms with Gasteiger partial charge in [0.25, 0.3) is 0 Å². The molecule has 0 aliphatic rings. The second kappa shape index (κ2) is 8.66. The Morgan fingerprint density at radius 2 is 1.93 bits per heavy atom. The van der Waals surface area contributed by atoms with Crippen molar-refractivity contribution in [3.8, 4) is 17.6 Å². The SMILES string of the molecule is Cc1[nH]nc(CCCc2ccc(S(N)(=O)=O)cc2)c1Oc1cc(Cl)cc(C#N)c1. The van der Waals surface area contributed by atoms with Gasteiger partial charge < -0.3 is 4.74 Å². The average Bonchev–Trinajstić information content (AvgIpc) is 3.01. The fraction of sp³-hybridized carbons (Fsp3) is 0.200. The molecule has 0 unspecified atom stereocenters. The monoisotopic (exact) mass is 430 g/mol. The molecule has 3 rings (SSSR count). The Bertz CT molecular complexity index is 1170. The van der Waals surface area contributed by atoms with Gasteiger partial charge >= 0.3 is 0 Å². The van der Waals surface area contributed by atoms with E-state index in [1.807, 2.05) is 13.0 Å². The highest BCUT2D eigenvalue weighted by Gasteiger charge is 2.14. The third kappa shape index (κ3) is 5.35. The van der Waals surface area contributed by atoms with Gasteiger partial charge in [0.1, 0.15) is 11.4 Å². The predicted molar refractivity (Wildman–Crippen MR) is 109 cm³/mol. The van der Waals surface area contributed by atoms with E-state index < -0.39 is 10.0 Å². The molecular formula is C20H19ClN4O3S. The van der Waals surface area contributed by atoms with Crippen molar-refractivity contribution in [3.63, 3.8) is 0 Å². The second-order valence-electron chi connectivity index (χ2n) is 6.56. The van der Waals surface area contributed by atoms with Gasteiger partial charge in [0.15, 0.2) is 5.75 Å². The van der Waals surface area contributed by atoms with Crippen molar-refractivity contribution in [1.29, 1.82) is 5.26 Å². The zero-order chi connectivity index (χ0) is 21.0. The van der Waals surface area contributed by atoms with E-state index in [0.29, 0.717) is 28.5 Å². The number of halogens is 1. The summed E-state index contributed by atoms with van der Waals surface area (Å²) in [4.78, 5) is 0.0955. The zero-order valence-electron chi connectivity index (χ0n) is 15.6. The highest BCUT2D eigenvalue weighted by Crippen LogP contribution is 2.30. The predicted octanol–water partition coefficient (Wildman–Crippen LogP) is 3.86. The van der Waals surface area contributed by atoms with Gasteiger partial charge in [-0.3, -0.25) is 5.10 Å². The summed E-state index contributed by atoms with van der Waals surface area (Å²) in [5, 5.41) is 21.8. The van der Waals surface area contributed by atoms with Crippen molar-refractivity contribution >= 4 is 21.6 Å². The second-order valence-corrected chi connectivity index (χ2v) is 8.55. The number of hydrogen-bond acceptors (Lipinski definition) is 5. The van der Waals surface area contributed by atoms with Crippen LogP contribution in [0, 0.1) is 18.3 Å². The van der Waals surface area contributed by atoms with E-state index in [2.05, 4.69) is 10.2 Å². The van der Waals surface area contributed by atoms with E-state index in [0.717, 1.165) is 29.8 Å². The lowest BCUT2D eigenvalue weighted by Crippen LogP contribution is -2.11. The van der Waals surface area contributed by atoms with E-state index in [1.54, 1.807) is 30.3 Å². The van der Waals surface area contributed by atoms with Crippen LogP contribution >= 0.6 is 11.6 Å². The van der Waals surface area contributed by atoms with Gasteiger partial charge in [-0.1, -0.05) is 23.7 Å². The Hall–Kier alpha value is -2.86. The molecule has 1 heterocycles. The van der Waals surface area contributed by atoms with E-state index in [1.165, 1.54) is 12.1 Å². The molecule has 0 saturated heterocycles. The molecule has 29 heavy (non-hydrogen) atoms. The zero-order valence-corrected chi connectivity index (χ0v) is 17.2. The Morgan fingerprint density at radius 1 is 1.21 bits per heavy atom. The van der Waals surface area contributed by atoms with Gasteiger partial charge in [-0.25, -0.2) is 13.6 Å². The first kappa shape index (κ1) is 20.9. The number of rotatable bonds is 7. The molecule has 0 bridgehead atoms. The van der Waals surface area contributed by atoms with Crippen LogP contribution in [0.1, 0.15) is 28.9 Å². The normalized spacial score (nSPS) is 11.2. The van der Waals surface area contributed by atoms with Gasteiger partial charge in [0, 0.05) is 5.02 Å². The van der Waals surface area contributed by atoms with Crippen LogP contribution in [0.4, 0.5) is 0 Å². The van der Waals surface area contributed by atoms with Crippen molar-refractivity contribution in [2.45, 2.75) is 31.1 Å². The van der Waals surface area contributed by atoms with Crippen LogP contribution in [0.2, 0.25) is 5.02 Å². The van der Waals surface area contributed by atoms with Gasteiger partial charge in [0.2, 0.25) is 10.0 Å². The number of hydrogen-bond donors (Lipinski definition) is 2. The minimum atomic E-state index is -3.68. The molecule has 0 fully saturated rings. The smallest absolute Gasteiger partial charge is 0.238 e. The molecule has 0 aliphatic heterocycles. The van der Waals surface area contributed by atoms with Crippen LogP contribution < -0.4 is 9.88 Å². The Labute approximate surface area is 174 Å². The molecule has 0 radical (unpaired) electrons. The maximum absolute atomic E-state index is 11.3. The molecule has 0 amide bonds. The molecule has 0 spiro atoms. The van der Waals surface area contributed by atoms with Crippen LogP contribution in [0.3, 0.4) is 0 Å². The van der Waals surface area contributed by atoms with E-state index in [4.69, 9.17) is 26.7 Å². The largest absolute Gasteiger partial charge is 0.453 e. The summed E-state index contributed by atoms with van der Waals surface area (Å²) in [6.07, 6.45) is 2.18. The number of nitriles is 1. The van der Waals surface area contributed by atoms with E-state index in [-0.39, 0.29) is 4.90 Å². The van der Waals surface area contributed by atoms with Crippen LogP contribution in [0.25, 0.3) is 0 Å². The first-order valence-corrected chi connectivity index (χ1v) is 10.7. The lowest BCUT2D eigenvalue weighted by atomic mass is 10.1. The number of aryl methyl sites for hydroxylation is 3. The number of aromatic nitrogens is 2. The number of nitrogens with zero attached hydrogens (tertiary/aromatic N) is 2. The number of H-pyrrole nitrogens is 1. The van der Waals surface area contributed by atoms with Crippen LogP contribution in [0.5, 0.6) is 11.5 Å². The number of nitrogens with two attached hydrogens (primary N) is 1. The topological polar surface area (TPSA) is 122 Å². The Balaban J connectivity index is 1.67. The van der Waals surface area contributed by atoms with Crippen molar-refractivity contribution in [3.05, 3.63) is 70.0 Å². The Kier molecular flexibility index (Phi) is 6.23. The number of primary sulfonamides is 1. The molecule has 7 nitrogen and oxygen atoms in total. The summed E-state index contributed by atoms with van der Waals surface area (Å²) in [6.45, 7) is 1.85. The fourth-order valence-corrected chi connectivity index (χ4v) is 3.62. The van der Waals surface area contributed by atoms with Crippen molar-refractivity contribution in [2.24, 2.45) is 5.14 Å². The minimum absolute atomic E-state index is 0.0955. The van der Waals surface area contributed by atoms with Gasteiger partial charge in [0.05, 0.1) is 22.2 Å². The standard InChI is InChI=1S/C20H19ClN4O3S/c1-13-20(28-17-10-15(12-22)9-16(21)11-17)19(25-24-13)4-2-3-14-5-7-18(8-6-14)29(23,26)27/h5-11H,2-4H2,1H3,(H,24,25)(H2,23,26,27). The Morgan fingerprint density at radius 3 is 2.59 bits per heavy atom. The maximum atomic E-state index is 11.3. The molecule has 3 N–H and O–H groups in total. The molecule has 9 heteroatoms. The minimum Gasteiger partial charge on any atom is -0.453 e. The number of nitrogens with one attached hydrogen (secondary N) is 1. The summed E-state index contributed by atoms with van der Waals surface area (Å²) in [7, 11) is -3.68. The van der Waals surface area contributed by atoms with Crippen molar-refractivity contribution < 1.29 is 13.2 Å². The number of aromatic amines is 1. The van der Waals surface area contributed by atoms with Crippen LogP contribution in [0.15, 0.2) is 47.4 Å². The number of ether oxygens (including phenoxy) is 1. The molecule has 0 atom stereocenters. The van der Waals surface area contributed by atoms with Crippen molar-refractivity contribution in [1.82, 2.24) is 10.2 Å². The first-order valence-electron chi connectivity index (χ1n) is 8.80. The summed E-state index contributed by atoms with van der Waals surface area (Å²) in [5.74, 6) is 1.08. The number of sulfonamides is 1. The van der Waals surface area contributed by atoms with Crippen LogP contribution in [-0.2, 0) is 22.9 Å². The lowest BCUT2D eigenvalue weighted by Gasteiger charge is -2.08. The molecule has 3 aromatic rings. The van der Waals surface area contributed by atoms with Gasteiger partial charge in [-0.2, -0.15) is 10.4 Å². The van der Waals surface area contributed by atoms with E-state index in [9.17, 15) is 8.42 Å². The van der Waals surface area contributed by atoms with Crippen molar-refractivity contribution in [2.75, 3.05) is 0 Å².